The van der Waals surface area contributed by atoms with Crippen LogP contribution in [0.3, 0.4) is 0 Å². The van der Waals surface area contributed by atoms with Crippen LogP contribution in [0.25, 0.3) is 0 Å². The number of hydrogen-bond acceptors (Lipinski definition) is 8. The number of carbonyl (C=O) groups excluding carboxylic acids is 2. The van der Waals surface area contributed by atoms with Crippen LogP contribution in [0.5, 0.6) is 0 Å². The normalized spacial score (nSPS) is 15.9. The summed E-state index contributed by atoms with van der Waals surface area (Å²) < 4.78 is 20.3. The fourth-order valence-electron chi connectivity index (χ4n) is 3.82. The monoisotopic (exact) mass is 543 g/mol. The van der Waals surface area contributed by atoms with Crippen LogP contribution in [0.2, 0.25) is 0 Å². The number of benzene rings is 1. The van der Waals surface area contributed by atoms with E-state index in [-0.39, 0.29) is 28.6 Å². The number of carbonyl (C=O) groups is 2. The molecule has 37 heavy (non-hydrogen) atoms. The van der Waals surface area contributed by atoms with Gasteiger partial charge in [-0.1, -0.05) is 39.1 Å². The molecule has 8 nitrogen and oxygen atoms in total. The van der Waals surface area contributed by atoms with Gasteiger partial charge in [0.2, 0.25) is 11.8 Å². The van der Waals surface area contributed by atoms with E-state index in [1.165, 1.54) is 23.5 Å². The predicted octanol–water partition coefficient (Wildman–Crippen LogP) is 5.70. The molecule has 0 bridgehead atoms. The third-order valence-corrected chi connectivity index (χ3v) is 7.63. The Hall–Kier alpha value is -3.18. The molecule has 2 amide bonds. The van der Waals surface area contributed by atoms with E-state index in [4.69, 9.17) is 4.42 Å². The topological polar surface area (TPSA) is 100 Å². The number of rotatable bonds is 8. The number of halogens is 1. The number of anilines is 2. The van der Waals surface area contributed by atoms with Crippen molar-refractivity contribution in [2.24, 2.45) is 0 Å². The third kappa shape index (κ3) is 6.98. The minimum atomic E-state index is -0.667. The second-order valence-electron chi connectivity index (χ2n) is 9.77. The zero-order valence-electron chi connectivity index (χ0n) is 21.0. The third-order valence-electron chi connectivity index (χ3n) is 5.81. The lowest BCUT2D eigenvalue weighted by Gasteiger charge is -2.33. The molecule has 2 N–H and O–H groups in total. The molecule has 0 aliphatic carbocycles. The Labute approximate surface area is 223 Å². The largest absolute Gasteiger partial charge is 0.444 e. The van der Waals surface area contributed by atoms with Crippen LogP contribution in [-0.2, 0) is 16.0 Å². The van der Waals surface area contributed by atoms with Gasteiger partial charge in [-0.05, 0) is 37.1 Å². The molecule has 4 rings (SSSR count). The quantitative estimate of drug-likeness (QED) is 0.278. The number of piperidine rings is 1. The SMILES string of the molecule is C=CC(=O)Nc1ccc(C(=O)N2CCCC(Nc3nc(SCc4ncc(C(C)(C)C)o4)cs3)C2)cc1F. The first-order valence-corrected chi connectivity index (χ1v) is 13.8. The molecular weight excluding hydrogens is 513 g/mol. The summed E-state index contributed by atoms with van der Waals surface area (Å²) in [5.74, 6) is 0.698. The van der Waals surface area contributed by atoms with Crippen LogP contribution < -0.4 is 10.6 Å². The number of likely N-dealkylation sites (tertiary alicyclic amines) is 1. The minimum Gasteiger partial charge on any atom is -0.444 e. The smallest absolute Gasteiger partial charge is 0.254 e. The number of nitrogens with one attached hydrogen (secondary N) is 2. The van der Waals surface area contributed by atoms with E-state index in [0.717, 1.165) is 40.9 Å². The van der Waals surface area contributed by atoms with Gasteiger partial charge in [-0.2, -0.15) is 0 Å². The second kappa shape index (κ2) is 11.5. The van der Waals surface area contributed by atoms with Gasteiger partial charge in [0, 0.05) is 35.5 Å². The molecule has 1 aliphatic heterocycles. The Kier molecular flexibility index (Phi) is 8.33. The molecule has 196 valence electrons. The number of nitrogens with zero attached hydrogens (tertiary/aromatic N) is 3. The molecule has 0 spiro atoms. The molecule has 1 unspecified atom stereocenters. The van der Waals surface area contributed by atoms with Crippen molar-refractivity contribution in [2.75, 3.05) is 23.7 Å². The molecule has 0 saturated carbocycles. The van der Waals surface area contributed by atoms with Gasteiger partial charge in [-0.15, -0.1) is 11.3 Å². The predicted molar refractivity (Wildman–Crippen MR) is 145 cm³/mol. The van der Waals surface area contributed by atoms with Gasteiger partial charge >= 0.3 is 0 Å². The maximum Gasteiger partial charge on any atom is 0.254 e. The van der Waals surface area contributed by atoms with Crippen molar-refractivity contribution in [2.45, 2.75) is 55.8 Å². The highest BCUT2D eigenvalue weighted by Gasteiger charge is 2.26. The van der Waals surface area contributed by atoms with Crippen LogP contribution in [0.4, 0.5) is 15.2 Å². The van der Waals surface area contributed by atoms with Crippen LogP contribution in [0.15, 0.2) is 51.9 Å². The Morgan fingerprint density at radius 2 is 2.19 bits per heavy atom. The van der Waals surface area contributed by atoms with Crippen molar-refractivity contribution in [1.29, 1.82) is 0 Å². The van der Waals surface area contributed by atoms with E-state index in [2.05, 4.69) is 48.0 Å². The van der Waals surface area contributed by atoms with Gasteiger partial charge in [0.05, 0.1) is 17.6 Å². The van der Waals surface area contributed by atoms with E-state index >= 15 is 0 Å². The highest BCUT2D eigenvalue weighted by atomic mass is 32.2. The molecular formula is C26H30FN5O3S2. The van der Waals surface area contributed by atoms with Crippen molar-refractivity contribution in [3.8, 4) is 0 Å². The molecule has 11 heteroatoms. The zero-order valence-corrected chi connectivity index (χ0v) is 22.7. The molecule has 1 fully saturated rings. The van der Waals surface area contributed by atoms with Crippen molar-refractivity contribution < 1.29 is 18.4 Å². The van der Waals surface area contributed by atoms with Gasteiger partial charge in [0.25, 0.3) is 5.91 Å². The molecule has 0 radical (unpaired) electrons. The zero-order chi connectivity index (χ0) is 26.6. The maximum absolute atomic E-state index is 14.4. The van der Waals surface area contributed by atoms with E-state index < -0.39 is 11.7 Å². The average Bonchev–Trinajstić information content (AvgIpc) is 3.53. The van der Waals surface area contributed by atoms with Crippen molar-refractivity contribution in [3.63, 3.8) is 0 Å². The molecule has 3 aromatic rings. The van der Waals surface area contributed by atoms with E-state index in [1.54, 1.807) is 22.9 Å². The molecule has 1 aromatic carbocycles. The number of oxazole rings is 1. The van der Waals surface area contributed by atoms with Crippen LogP contribution in [0, 0.1) is 5.82 Å². The highest BCUT2D eigenvalue weighted by Crippen LogP contribution is 2.30. The van der Waals surface area contributed by atoms with Gasteiger partial charge in [0.1, 0.15) is 16.6 Å². The van der Waals surface area contributed by atoms with Gasteiger partial charge in [0.15, 0.2) is 5.13 Å². The summed E-state index contributed by atoms with van der Waals surface area (Å²) in [7, 11) is 0. The summed E-state index contributed by atoms with van der Waals surface area (Å²) in [5.41, 5.74) is 0.169. The van der Waals surface area contributed by atoms with Crippen molar-refractivity contribution >= 4 is 45.7 Å². The van der Waals surface area contributed by atoms with E-state index in [9.17, 15) is 14.0 Å². The first kappa shape index (κ1) is 26.9. The molecule has 2 aromatic heterocycles. The van der Waals surface area contributed by atoms with Gasteiger partial charge in [-0.3, -0.25) is 9.59 Å². The van der Waals surface area contributed by atoms with Gasteiger partial charge in [-0.25, -0.2) is 14.4 Å². The lowest BCUT2D eigenvalue weighted by atomic mass is 9.94. The second-order valence-corrected chi connectivity index (χ2v) is 11.6. The number of hydrogen-bond donors (Lipinski definition) is 2. The minimum absolute atomic E-state index is 0.00884. The first-order chi connectivity index (χ1) is 17.6. The number of aromatic nitrogens is 2. The Morgan fingerprint density at radius 3 is 2.89 bits per heavy atom. The lowest BCUT2D eigenvalue weighted by molar-refractivity contribution is -0.111. The van der Waals surface area contributed by atoms with Crippen LogP contribution >= 0.6 is 23.1 Å². The molecule has 3 heterocycles. The van der Waals surface area contributed by atoms with Gasteiger partial charge < -0.3 is 20.0 Å². The molecule has 1 aliphatic rings. The van der Waals surface area contributed by atoms with Crippen molar-refractivity contribution in [3.05, 3.63) is 65.5 Å². The number of thioether (sulfide) groups is 1. The summed E-state index contributed by atoms with van der Waals surface area (Å²) in [6.45, 7) is 10.7. The Morgan fingerprint density at radius 1 is 1.38 bits per heavy atom. The molecule has 1 atom stereocenters. The fourth-order valence-corrected chi connectivity index (χ4v) is 5.51. The van der Waals surface area contributed by atoms with E-state index in [1.807, 2.05) is 5.38 Å². The highest BCUT2D eigenvalue weighted by molar-refractivity contribution is 7.98. The summed E-state index contributed by atoms with van der Waals surface area (Å²) in [6, 6.07) is 4.10. The van der Waals surface area contributed by atoms with Crippen molar-refractivity contribution in [1.82, 2.24) is 14.9 Å². The van der Waals surface area contributed by atoms with Crippen LogP contribution in [-0.4, -0.2) is 45.8 Å². The fraction of sp³-hybridized carbons (Fsp3) is 0.385. The summed E-state index contributed by atoms with van der Waals surface area (Å²) >= 11 is 3.08. The van der Waals surface area contributed by atoms with Crippen LogP contribution in [0.1, 0.15) is 55.6 Å². The number of thiazole rings is 1. The first-order valence-electron chi connectivity index (χ1n) is 11.9. The summed E-state index contributed by atoms with van der Waals surface area (Å²) in [6.07, 6.45) is 4.57. The maximum atomic E-state index is 14.4. The Balaban J connectivity index is 1.31. The molecule has 1 saturated heterocycles. The standard InChI is InChI=1S/C26H30FN5O3S2/c1-5-21(33)30-19-9-8-16(11-18(19)27)24(34)32-10-6-7-17(13-32)29-25-31-23(15-37-25)36-14-22-28-12-20(35-22)26(2,3)4/h5,8-9,11-12,15,17H,1,6-7,10,13-14H2,2-4H3,(H,29,31)(H,30,33). The Bertz CT molecular complexity index is 1280. The lowest BCUT2D eigenvalue weighted by Crippen LogP contribution is -2.45. The average molecular weight is 544 g/mol. The summed E-state index contributed by atoms with van der Waals surface area (Å²) in [5, 5.41) is 9.48. The summed E-state index contributed by atoms with van der Waals surface area (Å²) in [4.78, 5) is 35.2. The number of amides is 2. The van der Waals surface area contributed by atoms with E-state index in [0.29, 0.717) is 24.7 Å².